The van der Waals surface area contributed by atoms with E-state index in [0.717, 1.165) is 25.1 Å². The van der Waals surface area contributed by atoms with E-state index in [1.54, 1.807) is 0 Å². The average molecular weight is 286 g/mol. The first kappa shape index (κ1) is 14.6. The minimum absolute atomic E-state index is 0.205. The normalized spacial score (nSPS) is 20.4. The van der Waals surface area contributed by atoms with Crippen molar-refractivity contribution in [1.82, 2.24) is 0 Å². The summed E-state index contributed by atoms with van der Waals surface area (Å²) in [6, 6.07) is 7.37. The molecule has 1 aliphatic heterocycles. The third-order valence-electron chi connectivity index (χ3n) is 3.02. The Bertz CT molecular complexity index is 365. The first-order valence-corrected chi connectivity index (χ1v) is 6.98. The van der Waals surface area contributed by atoms with Gasteiger partial charge in [0.15, 0.2) is 0 Å². The Balaban J connectivity index is 1.58. The molecule has 2 N–H and O–H groups in total. The molecule has 1 aromatic rings. The zero-order chi connectivity index (χ0) is 13.5. The van der Waals surface area contributed by atoms with Gasteiger partial charge in [0, 0.05) is 23.9 Å². The summed E-state index contributed by atoms with van der Waals surface area (Å²) in [5.41, 5.74) is 0.933. The predicted octanol–water partition coefficient (Wildman–Crippen LogP) is 2.31. The number of hydrogen-bond donors (Lipinski definition) is 2. The van der Waals surface area contributed by atoms with E-state index in [-0.39, 0.29) is 6.10 Å². The minimum Gasteiger partial charge on any atom is -0.389 e. The lowest BCUT2D eigenvalue weighted by atomic mass is 10.2. The van der Waals surface area contributed by atoms with Crippen molar-refractivity contribution in [3.05, 3.63) is 29.3 Å². The fraction of sp³-hybridized carbons (Fsp3) is 0.571. The molecular formula is C14H20ClNO3. The number of rotatable bonds is 7. The zero-order valence-corrected chi connectivity index (χ0v) is 11.6. The van der Waals surface area contributed by atoms with E-state index in [0.29, 0.717) is 24.8 Å². The lowest BCUT2D eigenvalue weighted by molar-refractivity contribution is -0.0137. The summed E-state index contributed by atoms with van der Waals surface area (Å²) >= 11 is 5.80. The molecule has 0 radical (unpaired) electrons. The summed E-state index contributed by atoms with van der Waals surface area (Å²) in [6.07, 6.45) is 1.84. The van der Waals surface area contributed by atoms with Crippen molar-refractivity contribution in [2.45, 2.75) is 25.0 Å². The molecule has 4 nitrogen and oxygen atoms in total. The SMILES string of the molecule is OC(CNc1ccc(Cl)cc1)COCC1CCCO1. The zero-order valence-electron chi connectivity index (χ0n) is 10.8. The lowest BCUT2D eigenvalue weighted by Gasteiger charge is -2.15. The highest BCUT2D eigenvalue weighted by Gasteiger charge is 2.16. The van der Waals surface area contributed by atoms with Crippen LogP contribution in [0, 0.1) is 0 Å². The Hall–Kier alpha value is -0.810. The number of anilines is 1. The van der Waals surface area contributed by atoms with E-state index in [1.807, 2.05) is 24.3 Å². The highest BCUT2D eigenvalue weighted by Crippen LogP contribution is 2.14. The van der Waals surface area contributed by atoms with Gasteiger partial charge in [-0.3, -0.25) is 0 Å². The van der Waals surface area contributed by atoms with Crippen LogP contribution in [0.3, 0.4) is 0 Å². The fourth-order valence-corrected chi connectivity index (χ4v) is 2.10. The number of nitrogens with one attached hydrogen (secondary N) is 1. The molecule has 1 saturated heterocycles. The summed E-state index contributed by atoms with van der Waals surface area (Å²) in [7, 11) is 0. The molecule has 106 valence electrons. The molecular weight excluding hydrogens is 266 g/mol. The van der Waals surface area contributed by atoms with Crippen LogP contribution in [0.5, 0.6) is 0 Å². The van der Waals surface area contributed by atoms with Crippen LogP contribution in [-0.4, -0.2) is 43.7 Å². The maximum atomic E-state index is 9.78. The largest absolute Gasteiger partial charge is 0.389 e. The fourth-order valence-electron chi connectivity index (χ4n) is 1.97. The Morgan fingerprint density at radius 2 is 2.21 bits per heavy atom. The second kappa shape index (κ2) is 7.70. The van der Waals surface area contributed by atoms with Crippen LogP contribution in [0.1, 0.15) is 12.8 Å². The third-order valence-corrected chi connectivity index (χ3v) is 3.28. The Kier molecular flexibility index (Phi) is 5.92. The molecule has 2 unspecified atom stereocenters. The molecule has 5 heteroatoms. The summed E-state index contributed by atoms with van der Waals surface area (Å²) < 4.78 is 10.9. The third kappa shape index (κ3) is 5.37. The highest BCUT2D eigenvalue weighted by molar-refractivity contribution is 6.30. The molecule has 1 aliphatic rings. The molecule has 0 aliphatic carbocycles. The first-order chi connectivity index (χ1) is 9.24. The van der Waals surface area contributed by atoms with E-state index >= 15 is 0 Å². The van der Waals surface area contributed by atoms with E-state index in [2.05, 4.69) is 5.32 Å². The molecule has 2 atom stereocenters. The molecule has 19 heavy (non-hydrogen) atoms. The minimum atomic E-state index is -0.530. The summed E-state index contributed by atoms with van der Waals surface area (Å²) in [6.45, 7) is 2.17. The number of aliphatic hydroxyl groups excluding tert-OH is 1. The van der Waals surface area contributed by atoms with Gasteiger partial charge in [-0.25, -0.2) is 0 Å². The average Bonchev–Trinajstić information content (AvgIpc) is 2.91. The molecule has 0 spiro atoms. The highest BCUT2D eigenvalue weighted by atomic mass is 35.5. The van der Waals surface area contributed by atoms with E-state index < -0.39 is 6.10 Å². The Morgan fingerprint density at radius 1 is 1.42 bits per heavy atom. The number of ether oxygens (including phenoxy) is 2. The molecule has 0 amide bonds. The van der Waals surface area contributed by atoms with Crippen molar-refractivity contribution in [2.24, 2.45) is 0 Å². The molecule has 1 fully saturated rings. The molecule has 0 saturated carbocycles. The van der Waals surface area contributed by atoms with Crippen molar-refractivity contribution >= 4 is 17.3 Å². The van der Waals surface area contributed by atoms with Crippen LogP contribution in [0.25, 0.3) is 0 Å². The quantitative estimate of drug-likeness (QED) is 0.807. The van der Waals surface area contributed by atoms with Gasteiger partial charge >= 0.3 is 0 Å². The Morgan fingerprint density at radius 3 is 2.89 bits per heavy atom. The van der Waals surface area contributed by atoms with Crippen molar-refractivity contribution in [3.8, 4) is 0 Å². The van der Waals surface area contributed by atoms with Crippen molar-refractivity contribution in [3.63, 3.8) is 0 Å². The predicted molar refractivity (Wildman–Crippen MR) is 75.7 cm³/mol. The second-order valence-electron chi connectivity index (χ2n) is 4.71. The van der Waals surface area contributed by atoms with Crippen molar-refractivity contribution in [1.29, 1.82) is 0 Å². The molecule has 1 heterocycles. The molecule has 1 aromatic carbocycles. The topological polar surface area (TPSA) is 50.7 Å². The van der Waals surface area contributed by atoms with Crippen LogP contribution >= 0.6 is 11.6 Å². The molecule has 0 bridgehead atoms. The van der Waals surface area contributed by atoms with Crippen LogP contribution in [-0.2, 0) is 9.47 Å². The van der Waals surface area contributed by atoms with E-state index in [9.17, 15) is 5.11 Å². The number of benzene rings is 1. The van der Waals surface area contributed by atoms with Gasteiger partial charge in [0.25, 0.3) is 0 Å². The van der Waals surface area contributed by atoms with Crippen molar-refractivity contribution < 1.29 is 14.6 Å². The summed E-state index contributed by atoms with van der Waals surface area (Å²) in [5.74, 6) is 0. The second-order valence-corrected chi connectivity index (χ2v) is 5.15. The summed E-state index contributed by atoms with van der Waals surface area (Å²) in [4.78, 5) is 0. The van der Waals surface area contributed by atoms with Gasteiger partial charge in [0.1, 0.15) is 0 Å². The smallest absolute Gasteiger partial charge is 0.0945 e. The van der Waals surface area contributed by atoms with Crippen LogP contribution in [0.15, 0.2) is 24.3 Å². The Labute approximate surface area is 118 Å². The molecule has 0 aromatic heterocycles. The number of halogens is 1. The van der Waals surface area contributed by atoms with Gasteiger partial charge in [-0.1, -0.05) is 11.6 Å². The summed E-state index contributed by atoms with van der Waals surface area (Å²) in [5, 5.41) is 13.6. The lowest BCUT2D eigenvalue weighted by Crippen LogP contribution is -2.27. The van der Waals surface area contributed by atoms with Gasteiger partial charge < -0.3 is 19.9 Å². The maximum Gasteiger partial charge on any atom is 0.0945 e. The molecule has 2 rings (SSSR count). The first-order valence-electron chi connectivity index (χ1n) is 6.61. The van der Waals surface area contributed by atoms with Crippen LogP contribution < -0.4 is 5.32 Å². The van der Waals surface area contributed by atoms with E-state index in [1.165, 1.54) is 0 Å². The van der Waals surface area contributed by atoms with Gasteiger partial charge in [-0.05, 0) is 37.1 Å². The van der Waals surface area contributed by atoms with Gasteiger partial charge in [0.05, 0.1) is 25.4 Å². The maximum absolute atomic E-state index is 9.78. The van der Waals surface area contributed by atoms with Crippen molar-refractivity contribution in [2.75, 3.05) is 31.7 Å². The monoisotopic (exact) mass is 285 g/mol. The standard InChI is InChI=1S/C14H20ClNO3/c15-11-3-5-12(6-4-11)16-8-13(17)9-18-10-14-2-1-7-19-14/h3-6,13-14,16-17H,1-2,7-10H2. The van der Waals surface area contributed by atoms with Crippen LogP contribution in [0.2, 0.25) is 5.02 Å². The van der Waals surface area contributed by atoms with E-state index in [4.69, 9.17) is 21.1 Å². The van der Waals surface area contributed by atoms with Gasteiger partial charge in [-0.2, -0.15) is 0 Å². The number of hydrogen-bond acceptors (Lipinski definition) is 4. The van der Waals surface area contributed by atoms with Crippen LogP contribution in [0.4, 0.5) is 5.69 Å². The number of aliphatic hydroxyl groups is 1. The van der Waals surface area contributed by atoms with Gasteiger partial charge in [-0.15, -0.1) is 0 Å². The van der Waals surface area contributed by atoms with Gasteiger partial charge in [0.2, 0.25) is 0 Å².